The predicted octanol–water partition coefficient (Wildman–Crippen LogP) is 1.83. The molecule has 100 valence electrons. The van der Waals surface area contributed by atoms with Crippen LogP contribution in [0.2, 0.25) is 0 Å². The topological polar surface area (TPSA) is 38.5 Å². The molecule has 0 amide bonds. The fourth-order valence-corrected chi connectivity index (χ4v) is 2.51. The van der Waals surface area contributed by atoms with Gasteiger partial charge in [0.15, 0.2) is 0 Å². The van der Waals surface area contributed by atoms with E-state index in [0.29, 0.717) is 19.2 Å². The molecule has 0 fully saturated rings. The Morgan fingerprint density at radius 3 is 2.78 bits per heavy atom. The molecule has 3 nitrogen and oxygen atoms in total. The van der Waals surface area contributed by atoms with Gasteiger partial charge in [0.2, 0.25) is 0 Å². The van der Waals surface area contributed by atoms with Gasteiger partial charge in [0.1, 0.15) is 12.4 Å². The van der Waals surface area contributed by atoms with Crippen LogP contribution in [0.5, 0.6) is 5.75 Å². The van der Waals surface area contributed by atoms with E-state index in [9.17, 15) is 0 Å². The summed E-state index contributed by atoms with van der Waals surface area (Å²) in [7, 11) is 4.15. The molecule has 0 aromatic heterocycles. The van der Waals surface area contributed by atoms with Crippen molar-refractivity contribution in [2.45, 2.75) is 31.7 Å². The highest BCUT2D eigenvalue weighted by Crippen LogP contribution is 2.26. The van der Waals surface area contributed by atoms with Crippen molar-refractivity contribution in [3.8, 4) is 5.75 Å². The summed E-state index contributed by atoms with van der Waals surface area (Å²) in [6, 6.07) is 6.91. The van der Waals surface area contributed by atoms with E-state index in [1.165, 1.54) is 30.4 Å². The van der Waals surface area contributed by atoms with Crippen LogP contribution < -0.4 is 10.5 Å². The summed E-state index contributed by atoms with van der Waals surface area (Å²) < 4.78 is 5.91. The zero-order chi connectivity index (χ0) is 13.0. The zero-order valence-corrected chi connectivity index (χ0v) is 11.5. The van der Waals surface area contributed by atoms with Crippen molar-refractivity contribution in [3.05, 3.63) is 29.3 Å². The van der Waals surface area contributed by atoms with Crippen LogP contribution in [0.25, 0.3) is 0 Å². The maximum absolute atomic E-state index is 5.91. The number of hydrogen-bond acceptors (Lipinski definition) is 3. The van der Waals surface area contributed by atoms with Crippen LogP contribution in [0.4, 0.5) is 0 Å². The number of likely N-dealkylation sites (N-methyl/N-ethyl adjacent to an activating group) is 1. The smallest absolute Gasteiger partial charge is 0.119 e. The number of ether oxygens (including phenoxy) is 1. The lowest BCUT2D eigenvalue weighted by Crippen LogP contribution is -2.35. The van der Waals surface area contributed by atoms with Crippen molar-refractivity contribution in [3.63, 3.8) is 0 Å². The summed E-state index contributed by atoms with van der Waals surface area (Å²) in [6.45, 7) is 1.42. The molecule has 1 aromatic rings. The monoisotopic (exact) mass is 248 g/mol. The van der Waals surface area contributed by atoms with Gasteiger partial charge < -0.3 is 15.4 Å². The molecule has 1 aliphatic carbocycles. The molecule has 2 N–H and O–H groups in total. The van der Waals surface area contributed by atoms with Gasteiger partial charge in [-0.25, -0.2) is 0 Å². The lowest BCUT2D eigenvalue weighted by atomic mass is 10.1. The highest BCUT2D eigenvalue weighted by Gasteiger charge is 2.14. The number of rotatable bonds is 6. The van der Waals surface area contributed by atoms with Crippen LogP contribution in [0.3, 0.4) is 0 Å². The average Bonchev–Trinajstić information content (AvgIpc) is 2.81. The fourth-order valence-electron chi connectivity index (χ4n) is 2.51. The van der Waals surface area contributed by atoms with Gasteiger partial charge in [-0.05, 0) is 69.6 Å². The van der Waals surface area contributed by atoms with Gasteiger partial charge in [-0.15, -0.1) is 0 Å². The second-order valence-corrected chi connectivity index (χ2v) is 5.29. The van der Waals surface area contributed by atoms with Gasteiger partial charge in [0.05, 0.1) is 0 Å². The van der Waals surface area contributed by atoms with Gasteiger partial charge in [-0.2, -0.15) is 0 Å². The van der Waals surface area contributed by atoms with E-state index in [0.717, 1.165) is 12.2 Å². The van der Waals surface area contributed by atoms with Gasteiger partial charge in [-0.3, -0.25) is 0 Å². The minimum atomic E-state index is 0.392. The summed E-state index contributed by atoms with van der Waals surface area (Å²) in [4.78, 5) is 2.18. The van der Waals surface area contributed by atoms with E-state index in [4.69, 9.17) is 10.5 Å². The normalized spacial score (nSPS) is 15.8. The molecule has 0 aliphatic heterocycles. The minimum absolute atomic E-state index is 0.392. The van der Waals surface area contributed by atoms with Crippen LogP contribution in [0.15, 0.2) is 18.2 Å². The summed E-state index contributed by atoms with van der Waals surface area (Å²) in [6.07, 6.45) is 4.68. The number of aryl methyl sites for hydroxylation is 2. The Kier molecular flexibility index (Phi) is 4.61. The third-order valence-electron chi connectivity index (χ3n) is 3.74. The molecular formula is C15H24N2O. The molecule has 1 unspecified atom stereocenters. The number of hydrogen-bond donors (Lipinski definition) is 1. The van der Waals surface area contributed by atoms with Gasteiger partial charge in [0, 0.05) is 6.04 Å². The highest BCUT2D eigenvalue weighted by atomic mass is 16.5. The molecule has 2 rings (SSSR count). The highest BCUT2D eigenvalue weighted by molar-refractivity contribution is 5.38. The molecule has 0 bridgehead atoms. The molecule has 1 aliphatic rings. The molecule has 0 heterocycles. The third-order valence-corrected chi connectivity index (χ3v) is 3.74. The maximum Gasteiger partial charge on any atom is 0.119 e. The van der Waals surface area contributed by atoms with Crippen molar-refractivity contribution < 1.29 is 4.74 Å². The largest absolute Gasteiger partial charge is 0.492 e. The molecule has 0 saturated heterocycles. The third kappa shape index (κ3) is 3.24. The van der Waals surface area contributed by atoms with Crippen molar-refractivity contribution in [2.24, 2.45) is 5.73 Å². The molecule has 3 heteroatoms. The Bertz CT molecular complexity index is 390. The molecule has 1 aromatic carbocycles. The summed E-state index contributed by atoms with van der Waals surface area (Å²) in [5.74, 6) is 1.000. The number of fused-ring (bicyclic) bond motifs is 1. The van der Waals surface area contributed by atoms with Crippen LogP contribution in [-0.4, -0.2) is 38.2 Å². The molecule has 18 heavy (non-hydrogen) atoms. The standard InChI is InChI=1S/C15H24N2O/c1-17(2)14(8-9-16)11-18-15-7-6-12-4-3-5-13(12)10-15/h6-7,10,14H,3-5,8-9,11,16H2,1-2H3. The first-order chi connectivity index (χ1) is 8.70. The van der Waals surface area contributed by atoms with Crippen LogP contribution >= 0.6 is 0 Å². The Labute approximate surface area is 110 Å². The van der Waals surface area contributed by atoms with Crippen molar-refractivity contribution >= 4 is 0 Å². The second-order valence-electron chi connectivity index (χ2n) is 5.29. The van der Waals surface area contributed by atoms with E-state index in [1.807, 2.05) is 0 Å². The lowest BCUT2D eigenvalue weighted by molar-refractivity contribution is 0.179. The number of nitrogens with zero attached hydrogens (tertiary/aromatic N) is 1. The Morgan fingerprint density at radius 1 is 1.28 bits per heavy atom. The Hall–Kier alpha value is -1.06. The van der Waals surface area contributed by atoms with E-state index < -0.39 is 0 Å². The van der Waals surface area contributed by atoms with Gasteiger partial charge in [-0.1, -0.05) is 6.07 Å². The van der Waals surface area contributed by atoms with Gasteiger partial charge >= 0.3 is 0 Å². The van der Waals surface area contributed by atoms with Crippen LogP contribution in [0.1, 0.15) is 24.0 Å². The van der Waals surface area contributed by atoms with Crippen LogP contribution in [0, 0.1) is 0 Å². The molecule has 0 radical (unpaired) electrons. The minimum Gasteiger partial charge on any atom is -0.492 e. The van der Waals surface area contributed by atoms with Gasteiger partial charge in [0.25, 0.3) is 0 Å². The fraction of sp³-hybridized carbons (Fsp3) is 0.600. The molecular weight excluding hydrogens is 224 g/mol. The lowest BCUT2D eigenvalue weighted by Gasteiger charge is -2.24. The Morgan fingerprint density at radius 2 is 2.06 bits per heavy atom. The maximum atomic E-state index is 5.91. The first-order valence-electron chi connectivity index (χ1n) is 6.82. The average molecular weight is 248 g/mol. The zero-order valence-electron chi connectivity index (χ0n) is 11.5. The molecule has 1 atom stereocenters. The number of benzene rings is 1. The predicted molar refractivity (Wildman–Crippen MR) is 75.1 cm³/mol. The van der Waals surface area contributed by atoms with Crippen molar-refractivity contribution in [1.29, 1.82) is 0 Å². The van der Waals surface area contributed by atoms with E-state index in [2.05, 4.69) is 37.2 Å². The van der Waals surface area contributed by atoms with E-state index in [1.54, 1.807) is 0 Å². The van der Waals surface area contributed by atoms with Crippen molar-refractivity contribution in [2.75, 3.05) is 27.2 Å². The molecule has 0 saturated carbocycles. The second kappa shape index (κ2) is 6.21. The summed E-state index contributed by atoms with van der Waals surface area (Å²) in [5.41, 5.74) is 8.59. The summed E-state index contributed by atoms with van der Waals surface area (Å²) >= 11 is 0. The SMILES string of the molecule is CN(C)C(CCN)COc1ccc2c(c1)CCC2. The first-order valence-corrected chi connectivity index (χ1v) is 6.82. The first kappa shape index (κ1) is 13.4. The Balaban J connectivity index is 1.93. The van der Waals surface area contributed by atoms with E-state index in [-0.39, 0.29) is 0 Å². The quantitative estimate of drug-likeness (QED) is 0.835. The molecule has 0 spiro atoms. The van der Waals surface area contributed by atoms with Crippen molar-refractivity contribution in [1.82, 2.24) is 4.90 Å². The van der Waals surface area contributed by atoms with E-state index >= 15 is 0 Å². The number of nitrogens with two attached hydrogens (primary N) is 1. The summed E-state index contributed by atoms with van der Waals surface area (Å²) in [5, 5.41) is 0. The van der Waals surface area contributed by atoms with Crippen LogP contribution in [-0.2, 0) is 12.8 Å².